The molecule has 3 atom stereocenters. The minimum absolute atomic E-state index is 0.00628. The Labute approximate surface area is 201 Å². The SMILES string of the molecule is O=c1[nH]c(N/N=C(/C=N/Nc2nc3ccccc3c(=O)[nH]2)[C@H](O)[C@H](O)[C@H](O)CO)nc2ccccc12. The van der Waals surface area contributed by atoms with Crippen LogP contribution < -0.4 is 22.0 Å². The van der Waals surface area contributed by atoms with Crippen LogP contribution in [0, 0.1) is 0 Å². The van der Waals surface area contributed by atoms with E-state index in [0.29, 0.717) is 21.8 Å². The number of aromatic amines is 2. The van der Waals surface area contributed by atoms with Crippen LogP contribution in [0.2, 0.25) is 0 Å². The van der Waals surface area contributed by atoms with E-state index < -0.39 is 36.0 Å². The lowest BCUT2D eigenvalue weighted by molar-refractivity contribution is -0.0548. The largest absolute Gasteiger partial charge is 0.394 e. The average Bonchev–Trinajstić information content (AvgIpc) is 2.89. The predicted molar refractivity (Wildman–Crippen MR) is 133 cm³/mol. The molecule has 0 unspecified atom stereocenters. The molecular formula is C22H22N8O6. The summed E-state index contributed by atoms with van der Waals surface area (Å²) in [7, 11) is 0. The number of H-pyrrole nitrogens is 2. The lowest BCUT2D eigenvalue weighted by Crippen LogP contribution is -2.44. The smallest absolute Gasteiger partial charge is 0.260 e. The van der Waals surface area contributed by atoms with Crippen molar-refractivity contribution < 1.29 is 20.4 Å². The summed E-state index contributed by atoms with van der Waals surface area (Å²) in [5.41, 5.74) is 4.61. The van der Waals surface area contributed by atoms with Gasteiger partial charge in [-0.25, -0.2) is 20.8 Å². The third-order valence-electron chi connectivity index (χ3n) is 5.09. The normalized spacial score (nSPS) is 14.7. The Morgan fingerprint density at radius 3 is 1.97 bits per heavy atom. The Bertz CT molecular complexity index is 1550. The van der Waals surface area contributed by atoms with Crippen molar-refractivity contribution in [3.8, 4) is 0 Å². The van der Waals surface area contributed by atoms with E-state index in [-0.39, 0.29) is 17.6 Å². The number of nitrogens with zero attached hydrogens (tertiary/aromatic N) is 4. The van der Waals surface area contributed by atoms with E-state index >= 15 is 0 Å². The van der Waals surface area contributed by atoms with Gasteiger partial charge in [-0.2, -0.15) is 10.2 Å². The van der Waals surface area contributed by atoms with Crippen molar-refractivity contribution >= 4 is 45.6 Å². The summed E-state index contributed by atoms with van der Waals surface area (Å²) in [6.07, 6.45) is -4.34. The first-order valence-electron chi connectivity index (χ1n) is 10.6. The molecule has 2 aromatic heterocycles. The van der Waals surface area contributed by atoms with E-state index in [9.17, 15) is 24.9 Å². The van der Waals surface area contributed by atoms with Gasteiger partial charge in [0.2, 0.25) is 11.9 Å². The zero-order valence-electron chi connectivity index (χ0n) is 18.5. The fraction of sp³-hybridized carbons (Fsp3) is 0.182. The lowest BCUT2D eigenvalue weighted by Gasteiger charge is -2.21. The first-order chi connectivity index (χ1) is 17.4. The van der Waals surface area contributed by atoms with Gasteiger partial charge in [0.05, 0.1) is 34.6 Å². The molecular weight excluding hydrogens is 472 g/mol. The van der Waals surface area contributed by atoms with Crippen LogP contribution in [0.1, 0.15) is 0 Å². The molecule has 0 aliphatic heterocycles. The summed E-state index contributed by atoms with van der Waals surface area (Å²) in [5, 5.41) is 48.0. The van der Waals surface area contributed by atoms with E-state index in [1.165, 1.54) is 0 Å². The van der Waals surface area contributed by atoms with Gasteiger partial charge in [-0.3, -0.25) is 19.6 Å². The maximum Gasteiger partial charge on any atom is 0.260 e. The van der Waals surface area contributed by atoms with Gasteiger partial charge in [0.1, 0.15) is 24.0 Å². The van der Waals surface area contributed by atoms with Crippen LogP contribution >= 0.6 is 0 Å². The second kappa shape index (κ2) is 10.8. The Kier molecular flexibility index (Phi) is 7.41. The molecule has 0 fully saturated rings. The highest BCUT2D eigenvalue weighted by Crippen LogP contribution is 2.10. The predicted octanol–water partition coefficient (Wildman–Crippen LogP) is -0.900. The number of anilines is 2. The number of rotatable bonds is 9. The first-order valence-corrected chi connectivity index (χ1v) is 10.6. The number of aliphatic hydroxyl groups is 4. The van der Waals surface area contributed by atoms with Crippen LogP contribution in [0.15, 0.2) is 68.3 Å². The van der Waals surface area contributed by atoms with Crippen LogP contribution in [-0.2, 0) is 0 Å². The monoisotopic (exact) mass is 494 g/mol. The molecule has 186 valence electrons. The van der Waals surface area contributed by atoms with Gasteiger partial charge < -0.3 is 20.4 Å². The van der Waals surface area contributed by atoms with Crippen LogP contribution in [-0.4, -0.2) is 77.2 Å². The van der Waals surface area contributed by atoms with Crippen molar-refractivity contribution in [3.05, 3.63) is 69.2 Å². The second-order valence-corrected chi connectivity index (χ2v) is 7.57. The van der Waals surface area contributed by atoms with E-state index in [0.717, 1.165) is 6.21 Å². The Balaban J connectivity index is 1.61. The van der Waals surface area contributed by atoms with Crippen LogP contribution in [0.3, 0.4) is 0 Å². The molecule has 2 aromatic carbocycles. The van der Waals surface area contributed by atoms with E-state index in [4.69, 9.17) is 5.11 Å². The van der Waals surface area contributed by atoms with Crippen molar-refractivity contribution in [3.63, 3.8) is 0 Å². The van der Waals surface area contributed by atoms with Gasteiger partial charge in [-0.15, -0.1) is 0 Å². The number of hydrogen-bond donors (Lipinski definition) is 8. The van der Waals surface area contributed by atoms with Gasteiger partial charge in [0, 0.05) is 0 Å². The molecule has 0 radical (unpaired) electrons. The summed E-state index contributed by atoms with van der Waals surface area (Å²) >= 11 is 0. The number of hydrazone groups is 2. The number of hydrogen-bond acceptors (Lipinski definition) is 12. The van der Waals surface area contributed by atoms with Crippen molar-refractivity contribution in [2.24, 2.45) is 10.2 Å². The summed E-state index contributed by atoms with van der Waals surface area (Å²) < 4.78 is 0. The third-order valence-corrected chi connectivity index (χ3v) is 5.09. The molecule has 2 heterocycles. The Hall–Kier alpha value is -4.50. The maximum absolute atomic E-state index is 12.3. The van der Waals surface area contributed by atoms with Crippen molar-refractivity contribution in [1.82, 2.24) is 19.9 Å². The summed E-state index contributed by atoms with van der Waals surface area (Å²) in [6, 6.07) is 13.3. The number of aromatic nitrogens is 4. The zero-order valence-corrected chi connectivity index (χ0v) is 18.5. The molecule has 0 aliphatic rings. The zero-order chi connectivity index (χ0) is 25.7. The van der Waals surface area contributed by atoms with Gasteiger partial charge in [-0.1, -0.05) is 24.3 Å². The molecule has 0 spiro atoms. The average molecular weight is 494 g/mol. The minimum Gasteiger partial charge on any atom is -0.394 e. The molecule has 0 aliphatic carbocycles. The molecule has 0 saturated heterocycles. The maximum atomic E-state index is 12.3. The fourth-order valence-electron chi connectivity index (χ4n) is 3.22. The second-order valence-electron chi connectivity index (χ2n) is 7.57. The fourth-order valence-corrected chi connectivity index (χ4v) is 3.22. The van der Waals surface area contributed by atoms with Gasteiger partial charge in [0.25, 0.3) is 11.1 Å². The standard InChI is InChI=1S/C22H22N8O6/c31-10-16(32)18(34)17(33)15(28-30-22-25-14-8-4-2-6-12(14)20(36)27-22)9-23-29-21-24-13-7-3-1-5-11(13)19(35)26-21/h1-9,16-18,31-34H,10H2,(H2,24,26,29,35)(H2,25,27,30,36)/b23-9+,28-15-/t16-,17+,18-/m1/s1. The highest BCUT2D eigenvalue weighted by atomic mass is 16.4. The van der Waals surface area contributed by atoms with Gasteiger partial charge in [0.15, 0.2) is 0 Å². The molecule has 0 bridgehead atoms. The number of nitrogens with one attached hydrogen (secondary N) is 4. The van der Waals surface area contributed by atoms with E-state index in [2.05, 4.69) is 41.0 Å². The first kappa shape index (κ1) is 24.6. The van der Waals surface area contributed by atoms with Gasteiger partial charge >= 0.3 is 0 Å². The molecule has 8 N–H and O–H groups in total. The molecule has 0 saturated carbocycles. The molecule has 0 amide bonds. The van der Waals surface area contributed by atoms with E-state index in [1.807, 2.05) is 0 Å². The molecule has 14 heteroatoms. The summed E-state index contributed by atoms with van der Waals surface area (Å²) in [4.78, 5) is 37.9. The highest BCUT2D eigenvalue weighted by molar-refractivity contribution is 6.33. The van der Waals surface area contributed by atoms with E-state index in [1.54, 1.807) is 48.5 Å². The van der Waals surface area contributed by atoms with Crippen molar-refractivity contribution in [2.75, 3.05) is 17.5 Å². The van der Waals surface area contributed by atoms with Crippen LogP contribution in [0.4, 0.5) is 11.9 Å². The quantitative estimate of drug-likeness (QED) is 0.106. The molecule has 14 nitrogen and oxygen atoms in total. The van der Waals surface area contributed by atoms with Crippen LogP contribution in [0.25, 0.3) is 21.8 Å². The minimum atomic E-state index is -1.83. The highest BCUT2D eigenvalue weighted by Gasteiger charge is 2.28. The summed E-state index contributed by atoms with van der Waals surface area (Å²) in [5.74, 6) is -0.0734. The number of para-hydroxylation sites is 2. The number of benzene rings is 2. The van der Waals surface area contributed by atoms with Crippen molar-refractivity contribution in [1.29, 1.82) is 0 Å². The molecule has 4 rings (SSSR count). The molecule has 36 heavy (non-hydrogen) atoms. The van der Waals surface area contributed by atoms with Gasteiger partial charge in [-0.05, 0) is 24.3 Å². The number of fused-ring (bicyclic) bond motifs is 2. The van der Waals surface area contributed by atoms with Crippen molar-refractivity contribution in [2.45, 2.75) is 18.3 Å². The Morgan fingerprint density at radius 1 is 0.889 bits per heavy atom. The molecule has 4 aromatic rings. The van der Waals surface area contributed by atoms with Crippen LogP contribution in [0.5, 0.6) is 0 Å². The number of aliphatic hydroxyl groups excluding tert-OH is 4. The lowest BCUT2D eigenvalue weighted by atomic mass is 10.0. The third kappa shape index (κ3) is 5.42. The summed E-state index contributed by atoms with van der Waals surface area (Å²) in [6.45, 7) is -0.823. The topological polar surface area (TPSA) is 221 Å². The Morgan fingerprint density at radius 2 is 1.42 bits per heavy atom.